The Hall–Kier alpha value is -0.530. The fourth-order valence-corrected chi connectivity index (χ4v) is 0.526. The predicted octanol–water partition coefficient (Wildman–Crippen LogP) is 1.90. The van der Waals surface area contributed by atoms with Crippen LogP contribution in [-0.2, 0) is 4.79 Å². The third kappa shape index (κ3) is 11.2. The highest BCUT2D eigenvalue weighted by molar-refractivity contribution is 5.62. The Morgan fingerprint density at radius 3 is 2.00 bits per heavy atom. The maximum absolute atomic E-state index is 9.00. The van der Waals surface area contributed by atoms with Crippen LogP contribution in [0.1, 0.15) is 33.1 Å². The highest BCUT2D eigenvalue weighted by atomic mass is 16.4. The fraction of sp³-hybridized carbons (Fsp3) is 0.857. The molecule has 0 heterocycles. The Labute approximate surface area is 55.9 Å². The molecule has 1 rings (SSSR count). The van der Waals surface area contributed by atoms with Crippen molar-refractivity contribution < 1.29 is 9.90 Å². The Balaban J connectivity index is 0.000000148. The summed E-state index contributed by atoms with van der Waals surface area (Å²) >= 11 is 0. The van der Waals surface area contributed by atoms with Crippen molar-refractivity contribution in [1.29, 1.82) is 0 Å². The lowest BCUT2D eigenvalue weighted by Gasteiger charge is -1.72. The van der Waals surface area contributed by atoms with Crippen LogP contribution >= 0.6 is 0 Å². The van der Waals surface area contributed by atoms with E-state index in [2.05, 4.69) is 6.92 Å². The molecule has 0 atom stereocenters. The van der Waals surface area contributed by atoms with Crippen molar-refractivity contribution in [3.8, 4) is 0 Å². The van der Waals surface area contributed by atoms with Crippen molar-refractivity contribution in [3.05, 3.63) is 0 Å². The van der Waals surface area contributed by atoms with Gasteiger partial charge in [0.25, 0.3) is 5.97 Å². The minimum absolute atomic E-state index is 0.833. The lowest BCUT2D eigenvalue weighted by atomic mass is 10.3. The lowest BCUT2D eigenvalue weighted by molar-refractivity contribution is -0.134. The van der Waals surface area contributed by atoms with Gasteiger partial charge < -0.3 is 5.11 Å². The molecule has 0 aromatic heterocycles. The molecule has 1 aliphatic rings. The third-order valence-corrected chi connectivity index (χ3v) is 1.27. The number of aliphatic carboxylic acids is 1. The zero-order chi connectivity index (χ0) is 7.28. The number of carbonyl (C=O) groups is 1. The van der Waals surface area contributed by atoms with Crippen molar-refractivity contribution in [1.82, 2.24) is 0 Å². The van der Waals surface area contributed by atoms with Gasteiger partial charge in [0.15, 0.2) is 0 Å². The molecule has 0 aromatic carbocycles. The fourth-order valence-electron chi connectivity index (χ4n) is 0.526. The van der Waals surface area contributed by atoms with Crippen LogP contribution in [0, 0.1) is 5.92 Å². The van der Waals surface area contributed by atoms with E-state index in [9.17, 15) is 0 Å². The van der Waals surface area contributed by atoms with Gasteiger partial charge in [-0.05, 0) is 5.92 Å². The van der Waals surface area contributed by atoms with E-state index < -0.39 is 5.97 Å². The Kier molecular flexibility index (Phi) is 4.10. The monoisotopic (exact) mass is 130 g/mol. The third-order valence-electron chi connectivity index (χ3n) is 1.27. The molecular formula is C7H14O2. The summed E-state index contributed by atoms with van der Waals surface area (Å²) in [6.45, 7) is 3.34. The van der Waals surface area contributed by atoms with E-state index in [0.717, 1.165) is 12.8 Å². The molecule has 1 fully saturated rings. The first kappa shape index (κ1) is 8.47. The average molecular weight is 130 g/mol. The zero-order valence-electron chi connectivity index (χ0n) is 6.05. The molecule has 0 spiro atoms. The molecule has 1 saturated carbocycles. The van der Waals surface area contributed by atoms with E-state index in [1.165, 1.54) is 19.3 Å². The summed E-state index contributed by atoms with van der Waals surface area (Å²) in [5.74, 6) is 0.301. The number of hydrogen-bond donors (Lipinski definition) is 1. The molecule has 2 heteroatoms. The van der Waals surface area contributed by atoms with Crippen LogP contribution in [-0.4, -0.2) is 11.1 Å². The second kappa shape index (κ2) is 4.36. The van der Waals surface area contributed by atoms with E-state index >= 15 is 0 Å². The van der Waals surface area contributed by atoms with E-state index in [1.807, 2.05) is 0 Å². The molecule has 1 aliphatic carbocycles. The molecule has 0 aliphatic heterocycles. The van der Waals surface area contributed by atoms with Gasteiger partial charge in [0.05, 0.1) is 0 Å². The normalized spacial score (nSPS) is 15.8. The van der Waals surface area contributed by atoms with Gasteiger partial charge in [0.1, 0.15) is 0 Å². The van der Waals surface area contributed by atoms with Crippen molar-refractivity contribution >= 4 is 5.97 Å². The molecule has 9 heavy (non-hydrogen) atoms. The standard InChI is InChI=1S/C5H10.C2H4O2/c1-2-5-3-4-5;1-2(3)4/h5H,2-4H2,1H3;1H3,(H,3,4). The number of rotatable bonds is 1. The Bertz CT molecular complexity index is 80.9. The Morgan fingerprint density at radius 2 is 2.00 bits per heavy atom. The van der Waals surface area contributed by atoms with E-state index in [1.54, 1.807) is 0 Å². The summed E-state index contributed by atoms with van der Waals surface area (Å²) in [6, 6.07) is 0. The van der Waals surface area contributed by atoms with Gasteiger partial charge in [-0.25, -0.2) is 0 Å². The van der Waals surface area contributed by atoms with Crippen LogP contribution in [0.4, 0.5) is 0 Å². The van der Waals surface area contributed by atoms with Gasteiger partial charge in [-0.3, -0.25) is 4.79 Å². The van der Waals surface area contributed by atoms with Crippen LogP contribution in [0.5, 0.6) is 0 Å². The van der Waals surface area contributed by atoms with Crippen LogP contribution in [0.25, 0.3) is 0 Å². The predicted molar refractivity (Wildman–Crippen MR) is 36.3 cm³/mol. The molecule has 0 radical (unpaired) electrons. The summed E-state index contributed by atoms with van der Waals surface area (Å²) in [4.78, 5) is 9.00. The van der Waals surface area contributed by atoms with Gasteiger partial charge >= 0.3 is 0 Å². The molecule has 2 nitrogen and oxygen atoms in total. The van der Waals surface area contributed by atoms with Gasteiger partial charge in [-0.15, -0.1) is 0 Å². The summed E-state index contributed by atoms with van der Waals surface area (Å²) in [5.41, 5.74) is 0. The van der Waals surface area contributed by atoms with Crippen LogP contribution in [0.2, 0.25) is 0 Å². The van der Waals surface area contributed by atoms with Crippen molar-refractivity contribution in [3.63, 3.8) is 0 Å². The van der Waals surface area contributed by atoms with Gasteiger partial charge in [-0.2, -0.15) is 0 Å². The quantitative estimate of drug-likeness (QED) is 0.588. The molecule has 0 unspecified atom stereocenters. The minimum atomic E-state index is -0.833. The zero-order valence-corrected chi connectivity index (χ0v) is 6.05. The number of carboxylic acids is 1. The van der Waals surface area contributed by atoms with Crippen molar-refractivity contribution in [2.75, 3.05) is 0 Å². The Morgan fingerprint density at radius 1 is 1.67 bits per heavy atom. The second-order valence-corrected chi connectivity index (χ2v) is 2.37. The lowest BCUT2D eigenvalue weighted by Crippen LogP contribution is -1.78. The highest BCUT2D eigenvalue weighted by Gasteiger charge is 2.17. The van der Waals surface area contributed by atoms with Gasteiger partial charge in [-0.1, -0.05) is 26.2 Å². The van der Waals surface area contributed by atoms with Gasteiger partial charge in [0.2, 0.25) is 0 Å². The SMILES string of the molecule is CC(=O)O.CCC1CC1. The highest BCUT2D eigenvalue weighted by Crippen LogP contribution is 2.31. The summed E-state index contributed by atoms with van der Waals surface area (Å²) in [5, 5.41) is 7.42. The van der Waals surface area contributed by atoms with Gasteiger partial charge in [0, 0.05) is 6.92 Å². The number of hydrogen-bond acceptors (Lipinski definition) is 1. The summed E-state index contributed by atoms with van der Waals surface area (Å²) < 4.78 is 0. The molecule has 54 valence electrons. The first-order chi connectivity index (χ1) is 4.16. The molecule has 1 N–H and O–H groups in total. The van der Waals surface area contributed by atoms with Crippen LogP contribution < -0.4 is 0 Å². The summed E-state index contributed by atoms with van der Waals surface area (Å²) in [7, 11) is 0. The van der Waals surface area contributed by atoms with E-state index in [4.69, 9.17) is 9.90 Å². The molecule has 0 aromatic rings. The van der Waals surface area contributed by atoms with E-state index in [-0.39, 0.29) is 0 Å². The smallest absolute Gasteiger partial charge is 0.300 e. The maximum atomic E-state index is 9.00. The summed E-state index contributed by atoms with van der Waals surface area (Å²) in [6.07, 6.45) is 4.44. The molecule has 0 bridgehead atoms. The van der Waals surface area contributed by atoms with E-state index in [0.29, 0.717) is 0 Å². The number of carboxylic acid groups (broad SMARTS) is 1. The molecule has 0 saturated heterocycles. The van der Waals surface area contributed by atoms with Crippen LogP contribution in [0.15, 0.2) is 0 Å². The second-order valence-electron chi connectivity index (χ2n) is 2.37. The topological polar surface area (TPSA) is 37.3 Å². The first-order valence-electron chi connectivity index (χ1n) is 3.36. The molecular weight excluding hydrogens is 116 g/mol. The van der Waals surface area contributed by atoms with Crippen molar-refractivity contribution in [2.45, 2.75) is 33.1 Å². The largest absolute Gasteiger partial charge is 0.481 e. The van der Waals surface area contributed by atoms with Crippen LogP contribution in [0.3, 0.4) is 0 Å². The first-order valence-corrected chi connectivity index (χ1v) is 3.36. The maximum Gasteiger partial charge on any atom is 0.300 e. The average Bonchev–Trinajstić information content (AvgIpc) is 2.43. The van der Waals surface area contributed by atoms with Crippen molar-refractivity contribution in [2.24, 2.45) is 5.92 Å². The molecule has 0 amide bonds. The minimum Gasteiger partial charge on any atom is -0.481 e.